The van der Waals surface area contributed by atoms with Crippen LogP contribution in [0.5, 0.6) is 0 Å². The number of aromatic nitrogens is 1. The molecule has 4 N–H and O–H groups in total. The lowest BCUT2D eigenvalue weighted by atomic mass is 10.0. The van der Waals surface area contributed by atoms with Crippen molar-refractivity contribution in [3.8, 4) is 0 Å². The van der Waals surface area contributed by atoms with Crippen molar-refractivity contribution in [2.24, 2.45) is 5.73 Å². The van der Waals surface area contributed by atoms with Crippen LogP contribution >= 0.6 is 0 Å². The second-order valence-corrected chi connectivity index (χ2v) is 4.13. The van der Waals surface area contributed by atoms with Crippen molar-refractivity contribution >= 4 is 16.9 Å². The molecule has 1 aromatic carbocycles. The van der Waals surface area contributed by atoms with Gasteiger partial charge in [-0.2, -0.15) is 0 Å². The van der Waals surface area contributed by atoms with Crippen molar-refractivity contribution in [3.05, 3.63) is 35.3 Å². The van der Waals surface area contributed by atoms with E-state index < -0.39 is 17.8 Å². The Morgan fingerprint density at radius 2 is 2.24 bits per heavy atom. The number of halogens is 1. The van der Waals surface area contributed by atoms with Crippen molar-refractivity contribution in [2.75, 3.05) is 0 Å². The van der Waals surface area contributed by atoms with Gasteiger partial charge in [0.2, 0.25) is 0 Å². The normalized spacial score (nSPS) is 12.9. The molecular formula is C12H13FN2O2. The van der Waals surface area contributed by atoms with Gasteiger partial charge >= 0.3 is 5.97 Å². The molecule has 1 heterocycles. The number of aryl methyl sites for hydroxylation is 1. The van der Waals surface area contributed by atoms with Crippen LogP contribution in [-0.2, 0) is 11.2 Å². The van der Waals surface area contributed by atoms with Crippen LogP contribution in [0.1, 0.15) is 11.3 Å². The van der Waals surface area contributed by atoms with E-state index in [0.29, 0.717) is 5.56 Å². The van der Waals surface area contributed by atoms with E-state index in [0.717, 1.165) is 16.6 Å². The fourth-order valence-corrected chi connectivity index (χ4v) is 1.82. The summed E-state index contributed by atoms with van der Waals surface area (Å²) < 4.78 is 13.7. The monoisotopic (exact) mass is 236 g/mol. The van der Waals surface area contributed by atoms with E-state index in [2.05, 4.69) is 4.98 Å². The van der Waals surface area contributed by atoms with Gasteiger partial charge in [-0.15, -0.1) is 0 Å². The number of carboxylic acid groups (broad SMARTS) is 1. The largest absolute Gasteiger partial charge is 0.480 e. The Labute approximate surface area is 97.2 Å². The molecule has 17 heavy (non-hydrogen) atoms. The highest BCUT2D eigenvalue weighted by Crippen LogP contribution is 2.20. The van der Waals surface area contributed by atoms with E-state index in [1.54, 1.807) is 6.07 Å². The zero-order valence-corrected chi connectivity index (χ0v) is 9.33. The minimum absolute atomic E-state index is 0.0187. The van der Waals surface area contributed by atoms with E-state index in [9.17, 15) is 9.18 Å². The number of rotatable bonds is 3. The van der Waals surface area contributed by atoms with Crippen LogP contribution in [0.15, 0.2) is 18.2 Å². The van der Waals surface area contributed by atoms with Gasteiger partial charge in [0.1, 0.15) is 11.9 Å². The molecular weight excluding hydrogens is 223 g/mol. The Kier molecular flexibility index (Phi) is 2.85. The Bertz CT molecular complexity index is 577. The minimum Gasteiger partial charge on any atom is -0.480 e. The summed E-state index contributed by atoms with van der Waals surface area (Å²) in [4.78, 5) is 13.7. The maximum atomic E-state index is 13.7. The van der Waals surface area contributed by atoms with E-state index in [4.69, 9.17) is 10.8 Å². The predicted molar refractivity (Wildman–Crippen MR) is 62.3 cm³/mol. The van der Waals surface area contributed by atoms with Crippen molar-refractivity contribution in [1.82, 2.24) is 4.98 Å². The molecule has 0 fully saturated rings. The van der Waals surface area contributed by atoms with Gasteiger partial charge in [-0.25, -0.2) is 4.39 Å². The third-order valence-corrected chi connectivity index (χ3v) is 2.68. The molecule has 0 saturated carbocycles. The average molecular weight is 236 g/mol. The molecule has 2 aromatic rings. The summed E-state index contributed by atoms with van der Waals surface area (Å²) in [6.45, 7) is 1.88. The summed E-state index contributed by atoms with van der Waals surface area (Å²) in [7, 11) is 0. The first kappa shape index (κ1) is 11.6. The molecule has 0 spiro atoms. The standard InChI is InChI=1S/C12H13FN2O2/c1-6-2-8-3-9(13)7(5-11(8)15-6)4-10(14)12(16)17/h2-3,5,10,15H,4,14H2,1H3,(H,16,17). The van der Waals surface area contributed by atoms with Crippen LogP contribution in [0, 0.1) is 12.7 Å². The van der Waals surface area contributed by atoms with E-state index in [1.165, 1.54) is 6.07 Å². The molecule has 0 radical (unpaired) electrons. The molecule has 90 valence electrons. The number of hydrogen-bond donors (Lipinski definition) is 3. The van der Waals surface area contributed by atoms with Gasteiger partial charge in [-0.05, 0) is 30.7 Å². The van der Waals surface area contributed by atoms with Crippen molar-refractivity contribution in [1.29, 1.82) is 0 Å². The van der Waals surface area contributed by atoms with Crippen molar-refractivity contribution in [3.63, 3.8) is 0 Å². The lowest BCUT2D eigenvalue weighted by Crippen LogP contribution is -2.32. The van der Waals surface area contributed by atoms with Crippen LogP contribution in [-0.4, -0.2) is 22.1 Å². The van der Waals surface area contributed by atoms with Crippen LogP contribution in [0.2, 0.25) is 0 Å². The van der Waals surface area contributed by atoms with Crippen LogP contribution in [0.3, 0.4) is 0 Å². The number of hydrogen-bond acceptors (Lipinski definition) is 2. The zero-order chi connectivity index (χ0) is 12.6. The highest BCUT2D eigenvalue weighted by molar-refractivity contribution is 5.81. The van der Waals surface area contributed by atoms with Gasteiger partial charge in [0.25, 0.3) is 0 Å². The third kappa shape index (κ3) is 2.29. The summed E-state index contributed by atoms with van der Waals surface area (Å²) in [5, 5.41) is 9.47. The summed E-state index contributed by atoms with van der Waals surface area (Å²) >= 11 is 0. The lowest BCUT2D eigenvalue weighted by molar-refractivity contribution is -0.138. The smallest absolute Gasteiger partial charge is 0.320 e. The molecule has 0 bridgehead atoms. The molecule has 0 amide bonds. The molecule has 5 heteroatoms. The first-order valence-corrected chi connectivity index (χ1v) is 5.23. The molecule has 0 aliphatic rings. The fourth-order valence-electron chi connectivity index (χ4n) is 1.82. The maximum absolute atomic E-state index is 13.7. The Morgan fingerprint density at radius 1 is 1.53 bits per heavy atom. The molecule has 1 unspecified atom stereocenters. The lowest BCUT2D eigenvalue weighted by Gasteiger charge is -2.07. The molecule has 1 aromatic heterocycles. The van der Waals surface area contributed by atoms with E-state index >= 15 is 0 Å². The molecule has 4 nitrogen and oxygen atoms in total. The number of aliphatic carboxylic acids is 1. The Balaban J connectivity index is 2.40. The number of benzene rings is 1. The Morgan fingerprint density at radius 3 is 2.88 bits per heavy atom. The third-order valence-electron chi connectivity index (χ3n) is 2.68. The van der Waals surface area contributed by atoms with Gasteiger partial charge in [0, 0.05) is 23.0 Å². The molecule has 1 atom stereocenters. The summed E-state index contributed by atoms with van der Waals surface area (Å²) in [6.07, 6.45) is -0.0187. The van der Waals surface area contributed by atoms with Gasteiger partial charge in [-0.3, -0.25) is 4.79 Å². The molecule has 0 saturated heterocycles. The Hall–Kier alpha value is -1.88. The summed E-state index contributed by atoms with van der Waals surface area (Å²) in [5.41, 5.74) is 7.42. The van der Waals surface area contributed by atoms with Crippen LogP contribution in [0.25, 0.3) is 10.9 Å². The topological polar surface area (TPSA) is 79.1 Å². The van der Waals surface area contributed by atoms with Crippen molar-refractivity contribution < 1.29 is 14.3 Å². The maximum Gasteiger partial charge on any atom is 0.320 e. The van der Waals surface area contributed by atoms with E-state index in [1.807, 2.05) is 13.0 Å². The number of aromatic amines is 1. The molecule has 2 rings (SSSR count). The second kappa shape index (κ2) is 4.18. The number of nitrogens with two attached hydrogens (primary N) is 1. The quantitative estimate of drug-likeness (QED) is 0.756. The number of nitrogens with one attached hydrogen (secondary N) is 1. The van der Waals surface area contributed by atoms with Crippen molar-refractivity contribution in [2.45, 2.75) is 19.4 Å². The average Bonchev–Trinajstić information content (AvgIpc) is 2.57. The van der Waals surface area contributed by atoms with Gasteiger partial charge < -0.3 is 15.8 Å². The van der Waals surface area contributed by atoms with Gasteiger partial charge in [-0.1, -0.05) is 0 Å². The fraction of sp³-hybridized carbons (Fsp3) is 0.250. The predicted octanol–water partition coefficient (Wildman–Crippen LogP) is 1.57. The highest BCUT2D eigenvalue weighted by atomic mass is 19.1. The number of fused-ring (bicyclic) bond motifs is 1. The first-order chi connectivity index (χ1) is 7.97. The minimum atomic E-state index is -1.13. The number of carbonyl (C=O) groups is 1. The SMILES string of the molecule is Cc1cc2cc(F)c(CC(N)C(=O)O)cc2[nH]1. The second-order valence-electron chi connectivity index (χ2n) is 4.13. The van der Waals surface area contributed by atoms with Gasteiger partial charge in [0.15, 0.2) is 0 Å². The summed E-state index contributed by atoms with van der Waals surface area (Å²) in [5.74, 6) is -1.56. The zero-order valence-electron chi connectivity index (χ0n) is 9.33. The van der Waals surface area contributed by atoms with Crippen LogP contribution < -0.4 is 5.73 Å². The summed E-state index contributed by atoms with van der Waals surface area (Å²) in [6, 6.07) is 3.75. The van der Waals surface area contributed by atoms with Crippen LogP contribution in [0.4, 0.5) is 4.39 Å². The van der Waals surface area contributed by atoms with Gasteiger partial charge in [0.05, 0.1) is 0 Å². The number of carboxylic acids is 1. The first-order valence-electron chi connectivity index (χ1n) is 5.23. The molecule has 0 aliphatic heterocycles. The molecule has 0 aliphatic carbocycles. The van der Waals surface area contributed by atoms with E-state index in [-0.39, 0.29) is 6.42 Å². The highest BCUT2D eigenvalue weighted by Gasteiger charge is 2.15. The number of H-pyrrole nitrogens is 1.